The third-order valence-corrected chi connectivity index (χ3v) is 5.45. The first-order valence-electron chi connectivity index (χ1n) is 6.47. The van der Waals surface area contributed by atoms with Gasteiger partial charge < -0.3 is 4.74 Å². The summed E-state index contributed by atoms with van der Waals surface area (Å²) in [6, 6.07) is 2.79. The van der Waals surface area contributed by atoms with Gasteiger partial charge in [-0.1, -0.05) is 0 Å². The summed E-state index contributed by atoms with van der Waals surface area (Å²) in [6.07, 6.45) is 1.27. The number of Topliss-reactive ketones (excluding diaryl/α,β-unsaturated/α-hetero) is 1. The van der Waals surface area contributed by atoms with Gasteiger partial charge in [0.15, 0.2) is 5.78 Å². The average Bonchev–Trinajstić information content (AvgIpc) is 2.46. The third kappa shape index (κ3) is 3.30. The van der Waals surface area contributed by atoms with Gasteiger partial charge in [0, 0.05) is 35.3 Å². The van der Waals surface area contributed by atoms with Crippen LogP contribution >= 0.6 is 0 Å². The first kappa shape index (κ1) is 15.3. The molecule has 1 heterocycles. The Balaban J connectivity index is 2.13. The zero-order valence-corrected chi connectivity index (χ0v) is 11.9. The van der Waals surface area contributed by atoms with Crippen molar-refractivity contribution >= 4 is 16.6 Å². The number of ketones is 1. The van der Waals surface area contributed by atoms with Gasteiger partial charge in [-0.2, -0.15) is 0 Å². The van der Waals surface area contributed by atoms with Gasteiger partial charge in [-0.3, -0.25) is 9.00 Å². The van der Waals surface area contributed by atoms with E-state index in [9.17, 15) is 17.8 Å². The van der Waals surface area contributed by atoms with Crippen molar-refractivity contribution in [3.63, 3.8) is 0 Å². The van der Waals surface area contributed by atoms with Gasteiger partial charge >= 0.3 is 0 Å². The quantitative estimate of drug-likeness (QED) is 0.803. The Morgan fingerprint density at radius 3 is 2.60 bits per heavy atom. The van der Waals surface area contributed by atoms with Crippen LogP contribution in [0.15, 0.2) is 18.2 Å². The van der Waals surface area contributed by atoms with Gasteiger partial charge in [-0.15, -0.1) is 0 Å². The summed E-state index contributed by atoms with van der Waals surface area (Å²) in [5.74, 6) is -2.20. The summed E-state index contributed by atoms with van der Waals surface area (Å²) in [5, 5.41) is -0.913. The van der Waals surface area contributed by atoms with E-state index < -0.39 is 33.5 Å². The van der Waals surface area contributed by atoms with E-state index in [0.717, 1.165) is 12.1 Å². The molecule has 0 amide bonds. The van der Waals surface area contributed by atoms with E-state index in [-0.39, 0.29) is 10.8 Å². The Morgan fingerprint density at radius 2 is 2.00 bits per heavy atom. The molecule has 1 saturated heterocycles. The molecule has 0 saturated carbocycles. The lowest BCUT2D eigenvalue weighted by molar-refractivity contribution is 0.0964. The summed E-state index contributed by atoms with van der Waals surface area (Å²) in [7, 11) is -1.39. The predicted molar refractivity (Wildman–Crippen MR) is 72.1 cm³/mol. The zero-order chi connectivity index (χ0) is 14.7. The highest BCUT2D eigenvalue weighted by molar-refractivity contribution is 7.87. The molecule has 110 valence electrons. The lowest BCUT2D eigenvalue weighted by atomic mass is 10.1. The molecule has 2 rings (SSSR count). The fourth-order valence-electron chi connectivity index (χ4n) is 2.21. The van der Waals surface area contributed by atoms with Crippen LogP contribution in [0.2, 0.25) is 0 Å². The van der Waals surface area contributed by atoms with Crippen molar-refractivity contribution in [2.75, 3.05) is 13.2 Å². The maximum atomic E-state index is 13.6. The van der Waals surface area contributed by atoms with E-state index in [2.05, 4.69) is 0 Å². The van der Waals surface area contributed by atoms with Crippen molar-refractivity contribution in [2.24, 2.45) is 0 Å². The van der Waals surface area contributed by atoms with Crippen LogP contribution in [0.25, 0.3) is 0 Å². The van der Waals surface area contributed by atoms with E-state index >= 15 is 0 Å². The minimum Gasteiger partial charge on any atom is -0.381 e. The number of ether oxygens (including phenoxy) is 1. The van der Waals surface area contributed by atoms with Gasteiger partial charge in [0.05, 0.1) is 10.8 Å². The lowest BCUT2D eigenvalue weighted by Gasteiger charge is -2.24. The number of halogens is 2. The standard InChI is InChI=1S/C14H16F2O3S/c1-9(20(18)11-4-6-19-7-5-11)14(17)12-3-2-10(15)8-13(12)16/h2-3,8-9,11H,4-7H2,1H3. The number of hydrogen-bond donors (Lipinski definition) is 0. The van der Waals surface area contributed by atoms with Crippen LogP contribution in [-0.2, 0) is 15.5 Å². The second-order valence-electron chi connectivity index (χ2n) is 4.77. The predicted octanol–water partition coefficient (Wildman–Crippen LogP) is 2.46. The van der Waals surface area contributed by atoms with Crippen LogP contribution < -0.4 is 0 Å². The van der Waals surface area contributed by atoms with Crippen LogP contribution in [-0.4, -0.2) is 33.7 Å². The zero-order valence-electron chi connectivity index (χ0n) is 11.1. The summed E-state index contributed by atoms with van der Waals surface area (Å²) in [4.78, 5) is 12.2. The molecule has 0 radical (unpaired) electrons. The Hall–Kier alpha value is -1.14. The smallest absolute Gasteiger partial charge is 0.181 e. The molecule has 1 aromatic carbocycles. The minimum atomic E-state index is -1.39. The average molecular weight is 302 g/mol. The normalized spacial score (nSPS) is 19.6. The molecular weight excluding hydrogens is 286 g/mol. The Bertz CT molecular complexity index is 527. The fraction of sp³-hybridized carbons (Fsp3) is 0.500. The molecule has 20 heavy (non-hydrogen) atoms. The molecule has 2 unspecified atom stereocenters. The topological polar surface area (TPSA) is 43.4 Å². The van der Waals surface area contributed by atoms with Gasteiger partial charge in [-0.05, 0) is 31.9 Å². The van der Waals surface area contributed by atoms with Gasteiger partial charge in [0.1, 0.15) is 11.6 Å². The van der Waals surface area contributed by atoms with Crippen molar-refractivity contribution in [1.29, 1.82) is 0 Å². The summed E-state index contributed by atoms with van der Waals surface area (Å²) >= 11 is 0. The highest BCUT2D eigenvalue weighted by Gasteiger charge is 2.30. The van der Waals surface area contributed by atoms with Crippen molar-refractivity contribution in [3.05, 3.63) is 35.4 Å². The van der Waals surface area contributed by atoms with E-state index in [1.165, 1.54) is 6.92 Å². The summed E-state index contributed by atoms with van der Waals surface area (Å²) in [5.41, 5.74) is -0.209. The molecule has 1 aliphatic heterocycles. The van der Waals surface area contributed by atoms with E-state index in [0.29, 0.717) is 32.1 Å². The molecule has 1 aromatic rings. The van der Waals surface area contributed by atoms with E-state index in [1.807, 2.05) is 0 Å². The van der Waals surface area contributed by atoms with Crippen molar-refractivity contribution < 1.29 is 22.5 Å². The summed E-state index contributed by atoms with van der Waals surface area (Å²) in [6.45, 7) is 2.58. The molecule has 0 spiro atoms. The molecule has 2 atom stereocenters. The maximum Gasteiger partial charge on any atom is 0.181 e. The van der Waals surface area contributed by atoms with Crippen LogP contribution in [0, 0.1) is 11.6 Å². The Morgan fingerprint density at radius 1 is 1.35 bits per heavy atom. The minimum absolute atomic E-state index is 0.105. The molecule has 0 N–H and O–H groups in total. The van der Waals surface area contributed by atoms with Crippen molar-refractivity contribution in [3.8, 4) is 0 Å². The first-order valence-corrected chi connectivity index (χ1v) is 7.74. The Kier molecular flexibility index (Phi) is 4.99. The van der Waals surface area contributed by atoms with Crippen molar-refractivity contribution in [2.45, 2.75) is 30.3 Å². The van der Waals surface area contributed by atoms with Crippen LogP contribution in [0.4, 0.5) is 8.78 Å². The Labute approximate surface area is 118 Å². The number of benzene rings is 1. The second kappa shape index (κ2) is 6.54. The van der Waals surface area contributed by atoms with Gasteiger partial charge in [-0.25, -0.2) is 8.78 Å². The molecule has 3 nitrogen and oxygen atoms in total. The number of rotatable bonds is 4. The summed E-state index contributed by atoms with van der Waals surface area (Å²) < 4.78 is 43.9. The largest absolute Gasteiger partial charge is 0.381 e. The van der Waals surface area contributed by atoms with Crippen LogP contribution in [0.5, 0.6) is 0 Å². The molecule has 0 aliphatic carbocycles. The van der Waals surface area contributed by atoms with E-state index in [4.69, 9.17) is 4.74 Å². The highest BCUT2D eigenvalue weighted by atomic mass is 32.2. The molecule has 6 heteroatoms. The first-order chi connectivity index (χ1) is 9.50. The highest BCUT2D eigenvalue weighted by Crippen LogP contribution is 2.20. The molecule has 1 aliphatic rings. The monoisotopic (exact) mass is 302 g/mol. The molecular formula is C14H16F2O3S. The second-order valence-corrected chi connectivity index (χ2v) is 6.80. The van der Waals surface area contributed by atoms with Crippen LogP contribution in [0.3, 0.4) is 0 Å². The number of carbonyl (C=O) groups excluding carboxylic acids is 1. The molecule has 0 bridgehead atoms. The lowest BCUT2D eigenvalue weighted by Crippen LogP contribution is -2.34. The molecule has 1 fully saturated rings. The van der Waals surface area contributed by atoms with Gasteiger partial charge in [0.25, 0.3) is 0 Å². The number of carbonyl (C=O) groups is 1. The third-order valence-electron chi connectivity index (χ3n) is 3.41. The molecule has 0 aromatic heterocycles. The fourth-order valence-corrected chi connectivity index (χ4v) is 3.78. The maximum absolute atomic E-state index is 13.6. The number of hydrogen-bond acceptors (Lipinski definition) is 3. The van der Waals surface area contributed by atoms with Crippen molar-refractivity contribution in [1.82, 2.24) is 0 Å². The van der Waals surface area contributed by atoms with Crippen LogP contribution in [0.1, 0.15) is 30.1 Å². The van der Waals surface area contributed by atoms with Gasteiger partial charge in [0.2, 0.25) is 0 Å². The SMILES string of the molecule is CC(C(=O)c1ccc(F)cc1F)S(=O)C1CCOCC1. The van der Waals surface area contributed by atoms with E-state index in [1.54, 1.807) is 0 Å².